The topological polar surface area (TPSA) is 29.5 Å². The van der Waals surface area contributed by atoms with Crippen LogP contribution >= 0.6 is 0 Å². The molecular weight excluding hydrogens is 238 g/mol. The van der Waals surface area contributed by atoms with E-state index in [0.29, 0.717) is 11.8 Å². The second kappa shape index (κ2) is 4.68. The van der Waals surface area contributed by atoms with Crippen molar-refractivity contribution < 1.29 is 9.53 Å². The van der Waals surface area contributed by atoms with Crippen molar-refractivity contribution in [3.8, 4) is 0 Å². The maximum Gasteiger partial charge on any atom is 0.410 e. The fourth-order valence-corrected chi connectivity index (χ4v) is 5.34. The molecule has 106 valence electrons. The van der Waals surface area contributed by atoms with E-state index in [1.807, 2.05) is 4.90 Å². The molecule has 1 amide bonds. The van der Waals surface area contributed by atoms with Gasteiger partial charge in [-0.15, -0.1) is 0 Å². The number of likely N-dealkylation sites (tertiary alicyclic amines) is 1. The molecule has 1 aliphatic heterocycles. The summed E-state index contributed by atoms with van der Waals surface area (Å²) in [5.41, 5.74) is 0. The van der Waals surface area contributed by atoms with Crippen LogP contribution in [0.5, 0.6) is 0 Å². The minimum Gasteiger partial charge on any atom is -0.446 e. The lowest BCUT2D eigenvalue weighted by molar-refractivity contribution is -0.103. The normalized spacial score (nSPS) is 44.4. The van der Waals surface area contributed by atoms with Gasteiger partial charge in [0, 0.05) is 13.1 Å². The first kappa shape index (κ1) is 12.0. The summed E-state index contributed by atoms with van der Waals surface area (Å²) < 4.78 is 5.95. The third-order valence-electron chi connectivity index (χ3n) is 5.99. The van der Waals surface area contributed by atoms with Crippen LogP contribution in [0.2, 0.25) is 0 Å². The Kier molecular flexibility index (Phi) is 2.96. The smallest absolute Gasteiger partial charge is 0.410 e. The number of carbonyl (C=O) groups is 1. The quantitative estimate of drug-likeness (QED) is 0.725. The predicted molar refractivity (Wildman–Crippen MR) is 72.7 cm³/mol. The Balaban J connectivity index is 1.41. The Morgan fingerprint density at radius 2 is 1.42 bits per heavy atom. The summed E-state index contributed by atoms with van der Waals surface area (Å²) in [4.78, 5) is 14.2. The van der Waals surface area contributed by atoms with E-state index in [-0.39, 0.29) is 12.2 Å². The Morgan fingerprint density at radius 3 is 2.00 bits per heavy atom. The first-order chi connectivity index (χ1) is 9.29. The molecule has 0 atom stereocenters. The van der Waals surface area contributed by atoms with Crippen molar-refractivity contribution in [3.05, 3.63) is 0 Å². The van der Waals surface area contributed by atoms with Crippen molar-refractivity contribution in [1.82, 2.24) is 4.90 Å². The average molecular weight is 263 g/mol. The maximum absolute atomic E-state index is 12.3. The Morgan fingerprint density at radius 1 is 0.842 bits per heavy atom. The molecule has 4 aliphatic carbocycles. The molecule has 0 aromatic rings. The fourth-order valence-electron chi connectivity index (χ4n) is 5.34. The van der Waals surface area contributed by atoms with Gasteiger partial charge >= 0.3 is 6.09 Å². The molecule has 1 heterocycles. The summed E-state index contributed by atoms with van der Waals surface area (Å²) in [5.74, 6) is 3.27. The van der Waals surface area contributed by atoms with Crippen LogP contribution in [0.25, 0.3) is 0 Å². The average Bonchev–Trinajstić information content (AvgIpc) is 2.43. The first-order valence-corrected chi connectivity index (χ1v) is 8.25. The second-order valence-corrected chi connectivity index (χ2v) is 7.33. The minimum absolute atomic E-state index is 0.0165. The molecule has 5 fully saturated rings. The van der Waals surface area contributed by atoms with Crippen molar-refractivity contribution in [1.29, 1.82) is 0 Å². The number of nitrogens with zero attached hydrogens (tertiary/aromatic N) is 1. The zero-order chi connectivity index (χ0) is 12.8. The van der Waals surface area contributed by atoms with Crippen molar-refractivity contribution >= 4 is 6.09 Å². The van der Waals surface area contributed by atoms with Gasteiger partial charge in [0.1, 0.15) is 6.10 Å². The van der Waals surface area contributed by atoms with Crippen molar-refractivity contribution in [2.75, 3.05) is 13.1 Å². The van der Waals surface area contributed by atoms with Crippen LogP contribution in [-0.2, 0) is 4.74 Å². The highest BCUT2D eigenvalue weighted by Gasteiger charge is 2.50. The molecule has 1 saturated heterocycles. The first-order valence-electron chi connectivity index (χ1n) is 8.25. The summed E-state index contributed by atoms with van der Waals surface area (Å²) in [6.07, 6.45) is 10.6. The SMILES string of the molecule is O=C(OC1C2CC3CC(C2)CC1C3)N1CCCCC1. The molecule has 0 spiro atoms. The molecular formula is C16H25NO2. The summed E-state index contributed by atoms with van der Waals surface area (Å²) in [7, 11) is 0. The van der Waals surface area contributed by atoms with Crippen LogP contribution in [0, 0.1) is 23.7 Å². The van der Waals surface area contributed by atoms with Gasteiger partial charge in [0.2, 0.25) is 0 Å². The Bertz CT molecular complexity index is 334. The number of rotatable bonds is 1. The summed E-state index contributed by atoms with van der Waals surface area (Å²) in [5, 5.41) is 0. The zero-order valence-electron chi connectivity index (χ0n) is 11.7. The van der Waals surface area contributed by atoms with E-state index in [4.69, 9.17) is 4.74 Å². The fraction of sp³-hybridized carbons (Fsp3) is 0.938. The summed E-state index contributed by atoms with van der Waals surface area (Å²) >= 11 is 0. The van der Waals surface area contributed by atoms with Gasteiger partial charge in [0.15, 0.2) is 0 Å². The molecule has 4 saturated carbocycles. The molecule has 0 aromatic carbocycles. The molecule has 19 heavy (non-hydrogen) atoms. The zero-order valence-corrected chi connectivity index (χ0v) is 11.7. The van der Waals surface area contributed by atoms with Crippen molar-refractivity contribution in [3.63, 3.8) is 0 Å². The van der Waals surface area contributed by atoms with Crippen LogP contribution < -0.4 is 0 Å². The van der Waals surface area contributed by atoms with E-state index in [1.54, 1.807) is 0 Å². The van der Waals surface area contributed by atoms with E-state index in [9.17, 15) is 4.79 Å². The number of hydrogen-bond acceptors (Lipinski definition) is 2. The van der Waals surface area contributed by atoms with E-state index in [1.165, 1.54) is 38.5 Å². The third kappa shape index (κ3) is 2.15. The molecule has 5 aliphatic rings. The molecule has 0 unspecified atom stereocenters. The van der Waals surface area contributed by atoms with Gasteiger partial charge in [0.25, 0.3) is 0 Å². The lowest BCUT2D eigenvalue weighted by atomic mass is 9.55. The number of ether oxygens (including phenoxy) is 1. The lowest BCUT2D eigenvalue weighted by Gasteiger charge is -2.53. The van der Waals surface area contributed by atoms with Crippen molar-refractivity contribution in [2.24, 2.45) is 23.7 Å². The molecule has 5 rings (SSSR count). The Hall–Kier alpha value is -0.730. The van der Waals surface area contributed by atoms with Gasteiger partial charge in [-0.1, -0.05) is 0 Å². The highest BCUT2D eigenvalue weighted by molar-refractivity contribution is 5.68. The minimum atomic E-state index is -0.0165. The monoisotopic (exact) mass is 263 g/mol. The van der Waals surface area contributed by atoms with Crippen LogP contribution in [0.15, 0.2) is 0 Å². The largest absolute Gasteiger partial charge is 0.446 e. The highest BCUT2D eigenvalue weighted by atomic mass is 16.6. The summed E-state index contributed by atoms with van der Waals surface area (Å²) in [6, 6.07) is 0. The molecule has 0 aromatic heterocycles. The van der Waals surface area contributed by atoms with E-state index < -0.39 is 0 Å². The van der Waals surface area contributed by atoms with Gasteiger partial charge < -0.3 is 9.64 Å². The second-order valence-electron chi connectivity index (χ2n) is 7.33. The van der Waals surface area contributed by atoms with Crippen molar-refractivity contribution in [2.45, 2.75) is 57.5 Å². The highest BCUT2D eigenvalue weighted by Crippen LogP contribution is 2.54. The summed E-state index contributed by atoms with van der Waals surface area (Å²) in [6.45, 7) is 1.82. The van der Waals surface area contributed by atoms with Gasteiger partial charge in [0.05, 0.1) is 0 Å². The van der Waals surface area contributed by atoms with Crippen LogP contribution in [0.4, 0.5) is 4.79 Å². The van der Waals surface area contributed by atoms with E-state index >= 15 is 0 Å². The number of hydrogen-bond donors (Lipinski definition) is 0. The van der Waals surface area contributed by atoms with E-state index in [2.05, 4.69) is 0 Å². The van der Waals surface area contributed by atoms with Crippen LogP contribution in [0.3, 0.4) is 0 Å². The standard InChI is InChI=1S/C16H25NO2/c18-16(17-4-2-1-3-5-17)19-15-13-7-11-6-12(9-13)10-14(15)8-11/h11-15H,1-10H2. The molecule has 0 N–H and O–H groups in total. The van der Waals surface area contributed by atoms with Gasteiger partial charge in [-0.25, -0.2) is 4.79 Å². The van der Waals surface area contributed by atoms with Gasteiger partial charge in [-0.3, -0.25) is 0 Å². The lowest BCUT2D eigenvalue weighted by Crippen LogP contribution is -2.51. The maximum atomic E-state index is 12.3. The molecule has 4 bridgehead atoms. The van der Waals surface area contributed by atoms with Gasteiger partial charge in [-0.2, -0.15) is 0 Å². The Labute approximate surface area is 115 Å². The van der Waals surface area contributed by atoms with Crippen LogP contribution in [-0.4, -0.2) is 30.2 Å². The van der Waals surface area contributed by atoms with Crippen LogP contribution in [0.1, 0.15) is 51.4 Å². The van der Waals surface area contributed by atoms with Gasteiger partial charge in [-0.05, 0) is 75.0 Å². The third-order valence-corrected chi connectivity index (χ3v) is 5.99. The number of amides is 1. The molecule has 3 nitrogen and oxygen atoms in total. The predicted octanol–water partition coefficient (Wildman–Crippen LogP) is 3.43. The number of piperidine rings is 1. The van der Waals surface area contributed by atoms with E-state index in [0.717, 1.165) is 37.8 Å². The number of carbonyl (C=O) groups excluding carboxylic acids is 1. The molecule has 3 heteroatoms. The molecule has 0 radical (unpaired) electrons.